The number of hydrogen-bond donors (Lipinski definition) is 0. The summed E-state index contributed by atoms with van der Waals surface area (Å²) in [4.78, 5) is 2.51. The maximum absolute atomic E-state index is 3.93. The van der Waals surface area contributed by atoms with Gasteiger partial charge in [0.15, 0.2) is 0 Å². The van der Waals surface area contributed by atoms with Crippen molar-refractivity contribution in [2.75, 3.05) is 4.90 Å². The lowest BCUT2D eigenvalue weighted by molar-refractivity contribution is 0.815. The lowest BCUT2D eigenvalue weighted by Gasteiger charge is -2.33. The van der Waals surface area contributed by atoms with Crippen LogP contribution in [0.3, 0.4) is 0 Å². The van der Waals surface area contributed by atoms with E-state index in [4.69, 9.17) is 0 Å². The number of anilines is 1. The van der Waals surface area contributed by atoms with Gasteiger partial charge in [-0.15, -0.1) is 6.58 Å². The zero-order chi connectivity index (χ0) is 31.8. The van der Waals surface area contributed by atoms with E-state index >= 15 is 0 Å². The van der Waals surface area contributed by atoms with Crippen LogP contribution in [0.1, 0.15) is 55.6 Å². The van der Waals surface area contributed by atoms with Crippen LogP contribution in [0.5, 0.6) is 0 Å². The van der Waals surface area contributed by atoms with Crippen molar-refractivity contribution in [3.05, 3.63) is 198 Å². The number of allylic oxidation sites excluding steroid dienone is 12. The fraction of sp³-hybridized carbons (Fsp3) is 0.174. The highest BCUT2D eigenvalue weighted by molar-refractivity contribution is 5.87. The maximum Gasteiger partial charge on any atom is 0.0464 e. The Morgan fingerprint density at radius 1 is 0.723 bits per heavy atom. The Balaban J connectivity index is 1.31. The second kappa shape index (κ2) is 14.5. The van der Waals surface area contributed by atoms with E-state index in [2.05, 4.69) is 163 Å². The fourth-order valence-corrected chi connectivity index (χ4v) is 7.10. The van der Waals surface area contributed by atoms with Crippen LogP contribution in [0, 0.1) is 0 Å². The van der Waals surface area contributed by atoms with E-state index in [1.165, 1.54) is 61.6 Å². The number of hydrogen-bond acceptors (Lipinski definition) is 1. The third-order valence-electron chi connectivity index (χ3n) is 9.63. The molecule has 1 heteroatoms. The molecule has 4 aromatic carbocycles. The molecule has 0 heterocycles. The summed E-state index contributed by atoms with van der Waals surface area (Å²) in [5.74, 6) is 0.399. The molecule has 0 aliphatic heterocycles. The van der Waals surface area contributed by atoms with Crippen LogP contribution in [0.2, 0.25) is 0 Å². The van der Waals surface area contributed by atoms with Crippen LogP contribution >= 0.6 is 0 Å². The molecule has 0 fully saturated rings. The van der Waals surface area contributed by atoms with Crippen LogP contribution in [0.25, 0.3) is 22.3 Å². The Bertz CT molecular complexity index is 1910. The van der Waals surface area contributed by atoms with Gasteiger partial charge in [-0.25, -0.2) is 0 Å². The van der Waals surface area contributed by atoms with E-state index < -0.39 is 0 Å². The molecule has 3 aliphatic carbocycles. The Morgan fingerprint density at radius 3 is 2.26 bits per heavy atom. The third kappa shape index (κ3) is 7.00. The van der Waals surface area contributed by atoms with E-state index in [0.717, 1.165) is 44.9 Å². The van der Waals surface area contributed by atoms with E-state index in [1.807, 2.05) is 6.08 Å². The van der Waals surface area contributed by atoms with Gasteiger partial charge in [0.25, 0.3) is 0 Å². The van der Waals surface area contributed by atoms with Gasteiger partial charge in [-0.05, 0) is 114 Å². The van der Waals surface area contributed by atoms with Gasteiger partial charge in [0.1, 0.15) is 0 Å². The first kappa shape index (κ1) is 30.5. The monoisotopic (exact) mass is 609 g/mol. The summed E-state index contributed by atoms with van der Waals surface area (Å²) < 4.78 is 0. The largest absolute Gasteiger partial charge is 0.315 e. The van der Waals surface area contributed by atoms with Crippen LogP contribution in [-0.2, 0) is 6.42 Å². The van der Waals surface area contributed by atoms with Crippen molar-refractivity contribution in [1.29, 1.82) is 0 Å². The zero-order valence-electron chi connectivity index (χ0n) is 27.2. The van der Waals surface area contributed by atoms with Crippen LogP contribution in [0.4, 0.5) is 5.69 Å². The van der Waals surface area contributed by atoms with Crippen molar-refractivity contribution in [2.45, 2.75) is 50.9 Å². The lowest BCUT2D eigenvalue weighted by atomic mass is 9.88. The average molecular weight is 610 g/mol. The van der Waals surface area contributed by atoms with Crippen molar-refractivity contribution in [2.24, 2.45) is 0 Å². The normalized spacial score (nSPS) is 17.3. The number of rotatable bonds is 10. The lowest BCUT2D eigenvalue weighted by Crippen LogP contribution is -2.23. The standard InChI is InChI=1S/C46H43N/c1-2-3-14-35-15-13-22-41(33-35)45-32-31-44(34-46(45)40-20-11-6-12-21-40)47(42-27-23-38(24-28-42)36-16-7-4-8-17-36)43-29-25-39(26-30-43)37-18-9-5-10-19-37/h2,4-9,11-13,15-18,20-23,25,27-29,31-34,38H,1,3,10,14,19,24,26,30H2. The SMILES string of the molecule is C=CCCc1cccc(-c2ccc(N(C3=CCC(c4ccccc4)C=C3)C3=CC=C(C4=CC=CCC4)CC3)cc2-c2ccccc2)c1. The summed E-state index contributed by atoms with van der Waals surface area (Å²) in [6.45, 7) is 3.93. The molecule has 47 heavy (non-hydrogen) atoms. The van der Waals surface area contributed by atoms with Gasteiger partial charge < -0.3 is 4.90 Å². The summed E-state index contributed by atoms with van der Waals surface area (Å²) in [7, 11) is 0. The van der Waals surface area contributed by atoms with Gasteiger partial charge >= 0.3 is 0 Å². The Kier molecular flexibility index (Phi) is 9.43. The average Bonchev–Trinajstić information content (AvgIpc) is 3.16. The molecule has 1 nitrogen and oxygen atoms in total. The zero-order valence-corrected chi connectivity index (χ0v) is 27.2. The van der Waals surface area contributed by atoms with Gasteiger partial charge in [-0.1, -0.05) is 134 Å². The highest BCUT2D eigenvalue weighted by atomic mass is 15.2. The summed E-state index contributed by atoms with van der Waals surface area (Å²) in [6.07, 6.45) is 28.0. The second-order valence-corrected chi connectivity index (χ2v) is 12.7. The van der Waals surface area contributed by atoms with Crippen molar-refractivity contribution in [3.8, 4) is 22.3 Å². The van der Waals surface area contributed by atoms with Gasteiger partial charge in [-0.3, -0.25) is 0 Å². The minimum atomic E-state index is 0.399. The van der Waals surface area contributed by atoms with Crippen LogP contribution in [0.15, 0.2) is 187 Å². The molecule has 0 saturated heterocycles. The number of benzene rings is 4. The minimum absolute atomic E-state index is 0.399. The first-order chi connectivity index (χ1) is 23.3. The molecule has 0 saturated carbocycles. The molecule has 1 atom stereocenters. The quantitative estimate of drug-likeness (QED) is 0.162. The molecule has 4 aromatic rings. The molecular formula is C46H43N. The van der Waals surface area contributed by atoms with Crippen molar-refractivity contribution in [3.63, 3.8) is 0 Å². The molecule has 1 unspecified atom stereocenters. The smallest absolute Gasteiger partial charge is 0.0464 e. The van der Waals surface area contributed by atoms with Gasteiger partial charge in [0, 0.05) is 23.0 Å². The third-order valence-corrected chi connectivity index (χ3v) is 9.63. The van der Waals surface area contributed by atoms with Gasteiger partial charge in [0.05, 0.1) is 0 Å². The number of nitrogens with zero attached hydrogens (tertiary/aromatic N) is 1. The van der Waals surface area contributed by atoms with Crippen LogP contribution < -0.4 is 4.90 Å². The van der Waals surface area contributed by atoms with E-state index in [9.17, 15) is 0 Å². The van der Waals surface area contributed by atoms with E-state index in [0.29, 0.717) is 5.92 Å². The highest BCUT2D eigenvalue weighted by Gasteiger charge is 2.23. The molecule has 0 spiro atoms. The van der Waals surface area contributed by atoms with Crippen molar-refractivity contribution in [1.82, 2.24) is 0 Å². The topological polar surface area (TPSA) is 3.24 Å². The first-order valence-electron chi connectivity index (χ1n) is 17.2. The van der Waals surface area contributed by atoms with Gasteiger partial charge in [-0.2, -0.15) is 0 Å². The van der Waals surface area contributed by atoms with Gasteiger partial charge in [0.2, 0.25) is 0 Å². The molecule has 0 N–H and O–H groups in total. The molecule has 3 aliphatic rings. The minimum Gasteiger partial charge on any atom is -0.315 e. The van der Waals surface area contributed by atoms with E-state index in [1.54, 1.807) is 0 Å². The Labute approximate surface area is 281 Å². The molecule has 0 radical (unpaired) electrons. The predicted octanol–water partition coefficient (Wildman–Crippen LogP) is 12.5. The van der Waals surface area contributed by atoms with Crippen LogP contribution in [-0.4, -0.2) is 0 Å². The molecule has 232 valence electrons. The first-order valence-corrected chi connectivity index (χ1v) is 17.2. The summed E-state index contributed by atoms with van der Waals surface area (Å²) in [5, 5.41) is 0. The van der Waals surface area contributed by atoms with E-state index in [-0.39, 0.29) is 0 Å². The Hall–Kier alpha value is -5.14. The van der Waals surface area contributed by atoms with Crippen molar-refractivity contribution >= 4 is 5.69 Å². The predicted molar refractivity (Wildman–Crippen MR) is 201 cm³/mol. The molecule has 0 aromatic heterocycles. The summed E-state index contributed by atoms with van der Waals surface area (Å²) >= 11 is 0. The molecule has 7 rings (SSSR count). The second-order valence-electron chi connectivity index (χ2n) is 12.7. The fourth-order valence-electron chi connectivity index (χ4n) is 7.10. The summed E-state index contributed by atoms with van der Waals surface area (Å²) in [6, 6.07) is 37.8. The summed E-state index contributed by atoms with van der Waals surface area (Å²) in [5.41, 5.74) is 14.5. The maximum atomic E-state index is 3.93. The molecular weight excluding hydrogens is 567 g/mol. The molecule has 0 bridgehead atoms. The number of aryl methyl sites for hydroxylation is 1. The van der Waals surface area contributed by atoms with Crippen molar-refractivity contribution < 1.29 is 0 Å². The molecule has 0 amide bonds. The Morgan fingerprint density at radius 2 is 1.53 bits per heavy atom. The highest BCUT2D eigenvalue weighted by Crippen LogP contribution is 2.41.